The summed E-state index contributed by atoms with van der Waals surface area (Å²) in [5.41, 5.74) is 1.71. The van der Waals surface area contributed by atoms with Crippen LogP contribution in [0.4, 0.5) is 0 Å². The lowest BCUT2D eigenvalue weighted by molar-refractivity contribution is -0.309. The Bertz CT molecular complexity index is 921. The second-order valence-electron chi connectivity index (χ2n) is 7.03. The first kappa shape index (κ1) is 17.9. The molecule has 2 aromatic heterocycles. The van der Waals surface area contributed by atoms with E-state index in [0.29, 0.717) is 19.6 Å². The number of hydrogen-bond donors (Lipinski definition) is 0. The highest BCUT2D eigenvalue weighted by atomic mass is 32.1. The van der Waals surface area contributed by atoms with E-state index in [1.165, 1.54) is 0 Å². The summed E-state index contributed by atoms with van der Waals surface area (Å²) in [5, 5.41) is 12.4. The van der Waals surface area contributed by atoms with Crippen molar-refractivity contribution in [3.63, 3.8) is 0 Å². The predicted octanol–water partition coefficient (Wildman–Crippen LogP) is 0.289. The van der Waals surface area contributed by atoms with Gasteiger partial charge in [0.15, 0.2) is 0 Å². The fourth-order valence-electron chi connectivity index (χ4n) is 4.08. The molecule has 7 nitrogen and oxygen atoms in total. The summed E-state index contributed by atoms with van der Waals surface area (Å²) in [5.74, 6) is -1.25. The standard InChI is InChI=1S/C19H20N2O5S/c22-17(10-26-11-18(23)24)20-7-12-6-13(9-20)15-4-3-14(16-2-1-5-27-16)19(25)21(15)8-12/h1-5,12-13H,6-11H2,(H,23,24)/p-1/t12-,13+/m0/s1. The van der Waals surface area contributed by atoms with E-state index in [-0.39, 0.29) is 29.9 Å². The Hall–Kier alpha value is -2.45. The van der Waals surface area contributed by atoms with Crippen molar-refractivity contribution in [1.29, 1.82) is 0 Å². The van der Waals surface area contributed by atoms with E-state index in [4.69, 9.17) is 4.74 Å². The lowest BCUT2D eigenvalue weighted by atomic mass is 9.83. The molecule has 4 rings (SSSR count). The third-order valence-electron chi connectivity index (χ3n) is 5.19. The molecule has 1 saturated heterocycles. The molecule has 4 heterocycles. The van der Waals surface area contributed by atoms with Gasteiger partial charge in [0, 0.05) is 36.1 Å². The molecule has 0 radical (unpaired) electrons. The predicted molar refractivity (Wildman–Crippen MR) is 97.3 cm³/mol. The van der Waals surface area contributed by atoms with Crippen molar-refractivity contribution in [3.05, 3.63) is 45.7 Å². The molecule has 2 aliphatic heterocycles. The van der Waals surface area contributed by atoms with E-state index in [2.05, 4.69) is 0 Å². The van der Waals surface area contributed by atoms with Gasteiger partial charge in [-0.15, -0.1) is 11.3 Å². The third kappa shape index (κ3) is 3.54. The molecule has 1 amide bonds. The van der Waals surface area contributed by atoms with Crippen molar-refractivity contribution < 1.29 is 19.4 Å². The highest BCUT2D eigenvalue weighted by molar-refractivity contribution is 7.13. The highest BCUT2D eigenvalue weighted by Gasteiger charge is 2.36. The van der Waals surface area contributed by atoms with Crippen molar-refractivity contribution >= 4 is 23.2 Å². The highest BCUT2D eigenvalue weighted by Crippen LogP contribution is 2.36. The van der Waals surface area contributed by atoms with Gasteiger partial charge in [-0.3, -0.25) is 9.59 Å². The van der Waals surface area contributed by atoms with E-state index in [9.17, 15) is 19.5 Å². The molecule has 0 saturated carbocycles. The number of thiophene rings is 1. The van der Waals surface area contributed by atoms with Crippen molar-refractivity contribution in [1.82, 2.24) is 9.47 Å². The summed E-state index contributed by atoms with van der Waals surface area (Å²) in [6.07, 6.45) is 0.946. The summed E-state index contributed by atoms with van der Waals surface area (Å²) in [6, 6.07) is 7.76. The van der Waals surface area contributed by atoms with Crippen LogP contribution in [0.1, 0.15) is 18.0 Å². The Kier molecular flexibility index (Phi) is 4.84. The van der Waals surface area contributed by atoms with Gasteiger partial charge in [-0.25, -0.2) is 0 Å². The van der Waals surface area contributed by atoms with Gasteiger partial charge in [0.25, 0.3) is 5.56 Å². The molecule has 2 aromatic rings. The van der Waals surface area contributed by atoms with Crippen LogP contribution in [-0.4, -0.2) is 47.6 Å². The average molecular weight is 387 g/mol. The van der Waals surface area contributed by atoms with Crippen LogP contribution in [0.25, 0.3) is 10.4 Å². The van der Waals surface area contributed by atoms with Crippen LogP contribution in [0.15, 0.2) is 34.4 Å². The second kappa shape index (κ2) is 7.28. The Morgan fingerprint density at radius 2 is 2.04 bits per heavy atom. The van der Waals surface area contributed by atoms with Crippen molar-refractivity contribution in [3.8, 4) is 10.4 Å². The zero-order chi connectivity index (χ0) is 19.0. The smallest absolute Gasteiger partial charge is 0.259 e. The van der Waals surface area contributed by atoms with Crippen LogP contribution in [-0.2, 0) is 20.9 Å². The minimum Gasteiger partial charge on any atom is -0.548 e. The number of piperidine rings is 1. The number of pyridine rings is 1. The van der Waals surface area contributed by atoms with E-state index in [0.717, 1.165) is 22.6 Å². The van der Waals surface area contributed by atoms with Gasteiger partial charge in [-0.05, 0) is 35.9 Å². The maximum absolute atomic E-state index is 13.0. The van der Waals surface area contributed by atoms with Crippen molar-refractivity contribution in [2.24, 2.45) is 5.92 Å². The van der Waals surface area contributed by atoms with Crippen LogP contribution in [0, 0.1) is 5.92 Å². The molecule has 1 fully saturated rings. The molecule has 27 heavy (non-hydrogen) atoms. The van der Waals surface area contributed by atoms with Gasteiger partial charge in [-0.2, -0.15) is 0 Å². The number of carbonyl (C=O) groups excluding carboxylic acids is 2. The van der Waals surface area contributed by atoms with E-state index in [1.54, 1.807) is 16.2 Å². The van der Waals surface area contributed by atoms with E-state index < -0.39 is 12.6 Å². The number of ether oxygens (including phenoxy) is 1. The largest absolute Gasteiger partial charge is 0.548 e. The first-order valence-corrected chi connectivity index (χ1v) is 9.74. The molecule has 8 heteroatoms. The van der Waals surface area contributed by atoms with Gasteiger partial charge in [0.1, 0.15) is 6.61 Å². The van der Waals surface area contributed by atoms with Gasteiger partial charge in [0.2, 0.25) is 5.91 Å². The second-order valence-corrected chi connectivity index (χ2v) is 7.97. The molecule has 142 valence electrons. The summed E-state index contributed by atoms with van der Waals surface area (Å²) in [4.78, 5) is 38.4. The Morgan fingerprint density at radius 3 is 2.78 bits per heavy atom. The third-order valence-corrected chi connectivity index (χ3v) is 6.09. The van der Waals surface area contributed by atoms with Gasteiger partial charge in [-0.1, -0.05) is 6.07 Å². The van der Waals surface area contributed by atoms with Crippen molar-refractivity contribution in [2.75, 3.05) is 26.3 Å². The zero-order valence-electron chi connectivity index (χ0n) is 14.6. The molecular formula is C19H19N2O5S-. The van der Waals surface area contributed by atoms with E-state index in [1.807, 2.05) is 34.2 Å². The maximum atomic E-state index is 13.0. The number of hydrogen-bond acceptors (Lipinski definition) is 6. The minimum absolute atomic E-state index is 0.0294. The molecule has 2 bridgehead atoms. The van der Waals surface area contributed by atoms with Gasteiger partial charge < -0.3 is 24.1 Å². The number of fused-ring (bicyclic) bond motifs is 4. The monoisotopic (exact) mass is 387 g/mol. The molecule has 2 atom stereocenters. The number of likely N-dealkylation sites (tertiary alicyclic amines) is 1. The SMILES string of the molecule is O=C([O-])COCC(=O)N1C[C@@H]2C[C@H](C1)c1ccc(-c3cccs3)c(=O)n1C2. The Morgan fingerprint density at radius 1 is 1.19 bits per heavy atom. The number of carboxylic acids is 1. The Labute approximate surface area is 159 Å². The first-order valence-electron chi connectivity index (χ1n) is 8.86. The average Bonchev–Trinajstić information content (AvgIpc) is 3.16. The van der Waals surface area contributed by atoms with Crippen LogP contribution in [0.2, 0.25) is 0 Å². The van der Waals surface area contributed by atoms with Crippen LogP contribution >= 0.6 is 11.3 Å². The normalized spacial score (nSPS) is 21.0. The maximum Gasteiger partial charge on any atom is 0.259 e. The number of carboxylic acid groups (broad SMARTS) is 1. The molecule has 0 aliphatic carbocycles. The summed E-state index contributed by atoms with van der Waals surface area (Å²) >= 11 is 1.55. The van der Waals surface area contributed by atoms with Gasteiger partial charge >= 0.3 is 0 Å². The molecule has 0 unspecified atom stereocenters. The minimum atomic E-state index is -1.34. The van der Waals surface area contributed by atoms with Crippen LogP contribution in [0.5, 0.6) is 0 Å². The quantitative estimate of drug-likeness (QED) is 0.735. The topological polar surface area (TPSA) is 91.7 Å². The first-order chi connectivity index (χ1) is 13.0. The number of carbonyl (C=O) groups is 2. The lowest BCUT2D eigenvalue weighted by Crippen LogP contribution is -2.50. The number of nitrogens with zero attached hydrogens (tertiary/aromatic N) is 2. The van der Waals surface area contributed by atoms with Gasteiger partial charge in [0.05, 0.1) is 18.1 Å². The molecule has 0 aromatic carbocycles. The number of rotatable bonds is 5. The van der Waals surface area contributed by atoms with Crippen LogP contribution in [0.3, 0.4) is 0 Å². The number of aromatic nitrogens is 1. The molecule has 2 aliphatic rings. The zero-order valence-corrected chi connectivity index (χ0v) is 15.4. The Balaban J connectivity index is 1.53. The fourth-order valence-corrected chi connectivity index (χ4v) is 4.82. The summed E-state index contributed by atoms with van der Waals surface area (Å²) in [7, 11) is 0. The fraction of sp³-hybridized carbons (Fsp3) is 0.421. The van der Waals surface area contributed by atoms with E-state index >= 15 is 0 Å². The number of amides is 1. The number of aliphatic carboxylic acids is 1. The summed E-state index contributed by atoms with van der Waals surface area (Å²) in [6.45, 7) is 0.808. The summed E-state index contributed by atoms with van der Waals surface area (Å²) < 4.78 is 6.73. The van der Waals surface area contributed by atoms with Crippen molar-refractivity contribution in [2.45, 2.75) is 18.9 Å². The molecular weight excluding hydrogens is 368 g/mol. The molecule has 0 spiro atoms. The molecule has 0 N–H and O–H groups in total. The lowest BCUT2D eigenvalue weighted by Gasteiger charge is -2.42. The van der Waals surface area contributed by atoms with Crippen LogP contribution < -0.4 is 10.7 Å².